The molecule has 0 aromatic rings. The van der Waals surface area contributed by atoms with Gasteiger partial charge in [0.1, 0.15) is 6.10 Å². The van der Waals surface area contributed by atoms with Crippen LogP contribution in [0.4, 0.5) is 0 Å². The lowest BCUT2D eigenvalue weighted by Gasteiger charge is -2.39. The van der Waals surface area contributed by atoms with Crippen molar-refractivity contribution in [1.82, 2.24) is 0 Å². The van der Waals surface area contributed by atoms with Crippen molar-refractivity contribution >= 4 is 0 Å². The first-order chi connectivity index (χ1) is 6.68. The SMILES string of the molecule is C[C@H]1CCC[C@]2(OC[C@H](CO)[C@@H]2O)O1. The van der Waals surface area contributed by atoms with Gasteiger partial charge in [-0.2, -0.15) is 0 Å². The largest absolute Gasteiger partial charge is 0.396 e. The molecule has 4 nitrogen and oxygen atoms in total. The van der Waals surface area contributed by atoms with Crippen LogP contribution in [-0.2, 0) is 9.47 Å². The van der Waals surface area contributed by atoms with Crippen molar-refractivity contribution < 1.29 is 19.7 Å². The molecule has 0 unspecified atom stereocenters. The zero-order valence-electron chi connectivity index (χ0n) is 8.48. The van der Waals surface area contributed by atoms with E-state index in [4.69, 9.17) is 14.6 Å². The summed E-state index contributed by atoms with van der Waals surface area (Å²) in [4.78, 5) is 0. The Hall–Kier alpha value is -0.160. The van der Waals surface area contributed by atoms with E-state index >= 15 is 0 Å². The van der Waals surface area contributed by atoms with E-state index in [1.54, 1.807) is 0 Å². The Labute approximate surface area is 83.8 Å². The predicted octanol–water partition coefficient (Wildman–Crippen LogP) is 0.271. The molecular weight excluding hydrogens is 184 g/mol. The third-order valence-electron chi connectivity index (χ3n) is 3.21. The van der Waals surface area contributed by atoms with E-state index in [-0.39, 0.29) is 18.6 Å². The molecule has 2 aliphatic rings. The second kappa shape index (κ2) is 3.77. The maximum absolute atomic E-state index is 9.97. The zero-order chi connectivity index (χ0) is 10.2. The van der Waals surface area contributed by atoms with Gasteiger partial charge in [0, 0.05) is 12.3 Å². The first-order valence-corrected chi connectivity index (χ1v) is 5.28. The molecule has 0 radical (unpaired) electrons. The fourth-order valence-electron chi connectivity index (χ4n) is 2.35. The maximum Gasteiger partial charge on any atom is 0.195 e. The molecule has 4 heteroatoms. The molecule has 0 amide bonds. The van der Waals surface area contributed by atoms with Gasteiger partial charge >= 0.3 is 0 Å². The average Bonchev–Trinajstić information content (AvgIpc) is 2.45. The highest BCUT2D eigenvalue weighted by Crippen LogP contribution is 2.40. The number of hydrogen-bond donors (Lipinski definition) is 2. The van der Waals surface area contributed by atoms with Crippen molar-refractivity contribution in [2.75, 3.05) is 13.2 Å². The highest BCUT2D eigenvalue weighted by molar-refractivity contribution is 4.93. The summed E-state index contributed by atoms with van der Waals surface area (Å²) in [6.45, 7) is 2.34. The van der Waals surface area contributed by atoms with E-state index in [9.17, 15) is 5.11 Å². The summed E-state index contributed by atoms with van der Waals surface area (Å²) in [7, 11) is 0. The summed E-state index contributed by atoms with van der Waals surface area (Å²) in [6.07, 6.45) is 2.21. The van der Waals surface area contributed by atoms with Crippen LogP contribution in [0.1, 0.15) is 26.2 Å². The van der Waals surface area contributed by atoms with E-state index in [0.717, 1.165) is 19.3 Å². The Morgan fingerprint density at radius 2 is 2.29 bits per heavy atom. The molecule has 2 N–H and O–H groups in total. The van der Waals surface area contributed by atoms with Gasteiger partial charge in [0.2, 0.25) is 0 Å². The number of rotatable bonds is 1. The van der Waals surface area contributed by atoms with E-state index in [1.807, 2.05) is 6.92 Å². The van der Waals surface area contributed by atoms with Crippen LogP contribution < -0.4 is 0 Å². The second-order valence-electron chi connectivity index (χ2n) is 4.33. The normalized spacial score (nSPS) is 48.6. The van der Waals surface area contributed by atoms with Crippen molar-refractivity contribution in [3.05, 3.63) is 0 Å². The lowest BCUT2D eigenvalue weighted by molar-refractivity contribution is -0.284. The molecule has 0 bridgehead atoms. The van der Waals surface area contributed by atoms with Gasteiger partial charge in [0.05, 0.1) is 19.3 Å². The molecule has 1 spiro atoms. The van der Waals surface area contributed by atoms with E-state index in [0.29, 0.717) is 6.61 Å². The van der Waals surface area contributed by atoms with Crippen molar-refractivity contribution in [2.24, 2.45) is 5.92 Å². The molecule has 0 aromatic heterocycles. The number of ether oxygens (including phenoxy) is 2. The first-order valence-electron chi connectivity index (χ1n) is 5.28. The van der Waals surface area contributed by atoms with Crippen LogP contribution in [0.2, 0.25) is 0 Å². The van der Waals surface area contributed by atoms with Gasteiger partial charge in [-0.1, -0.05) is 0 Å². The number of aliphatic hydroxyl groups is 2. The molecule has 2 saturated heterocycles. The summed E-state index contributed by atoms with van der Waals surface area (Å²) in [5.41, 5.74) is 0. The van der Waals surface area contributed by atoms with Gasteiger partial charge in [-0.3, -0.25) is 0 Å². The Bertz CT molecular complexity index is 208. The maximum atomic E-state index is 9.97. The quantitative estimate of drug-likeness (QED) is 0.641. The molecule has 2 rings (SSSR count). The summed E-state index contributed by atoms with van der Waals surface area (Å²) in [6, 6.07) is 0. The molecule has 0 saturated carbocycles. The average molecular weight is 202 g/mol. The van der Waals surface area contributed by atoms with Crippen LogP contribution in [0, 0.1) is 5.92 Å². The van der Waals surface area contributed by atoms with Crippen molar-refractivity contribution in [3.63, 3.8) is 0 Å². The van der Waals surface area contributed by atoms with Crippen LogP contribution in [0.5, 0.6) is 0 Å². The van der Waals surface area contributed by atoms with E-state index in [1.165, 1.54) is 0 Å². The summed E-state index contributed by atoms with van der Waals surface area (Å²) < 4.78 is 11.2. The first kappa shape index (κ1) is 10.4. The van der Waals surface area contributed by atoms with E-state index in [2.05, 4.69) is 0 Å². The Kier molecular flexibility index (Phi) is 2.79. The smallest absolute Gasteiger partial charge is 0.195 e. The molecule has 2 heterocycles. The van der Waals surface area contributed by atoms with Crippen LogP contribution >= 0.6 is 0 Å². The summed E-state index contributed by atoms with van der Waals surface area (Å²) in [5, 5.41) is 19.0. The van der Waals surface area contributed by atoms with Gasteiger partial charge in [-0.15, -0.1) is 0 Å². The minimum absolute atomic E-state index is 0.0410. The standard InChI is InChI=1S/C10H18O4/c1-7-3-2-4-10(14-7)9(12)8(5-11)6-13-10/h7-9,11-12H,2-6H2,1H3/t7-,8-,9-,10-/m0/s1. The van der Waals surface area contributed by atoms with Crippen LogP contribution in [-0.4, -0.2) is 41.4 Å². The second-order valence-corrected chi connectivity index (χ2v) is 4.33. The molecule has 2 aliphatic heterocycles. The zero-order valence-corrected chi connectivity index (χ0v) is 8.48. The molecular formula is C10H18O4. The molecule has 14 heavy (non-hydrogen) atoms. The highest BCUT2D eigenvalue weighted by Gasteiger charge is 2.51. The van der Waals surface area contributed by atoms with Crippen molar-refractivity contribution in [1.29, 1.82) is 0 Å². The van der Waals surface area contributed by atoms with Gasteiger partial charge in [-0.05, 0) is 19.8 Å². The fraction of sp³-hybridized carbons (Fsp3) is 1.00. The lowest BCUT2D eigenvalue weighted by Crippen LogP contribution is -2.49. The van der Waals surface area contributed by atoms with Gasteiger partial charge < -0.3 is 19.7 Å². The van der Waals surface area contributed by atoms with Crippen LogP contribution in [0.25, 0.3) is 0 Å². The third-order valence-corrected chi connectivity index (χ3v) is 3.21. The monoisotopic (exact) mass is 202 g/mol. The van der Waals surface area contributed by atoms with Crippen LogP contribution in [0.15, 0.2) is 0 Å². The topological polar surface area (TPSA) is 58.9 Å². The third kappa shape index (κ3) is 1.56. The minimum atomic E-state index is -0.828. The van der Waals surface area contributed by atoms with Gasteiger partial charge in [-0.25, -0.2) is 0 Å². The lowest BCUT2D eigenvalue weighted by atomic mass is 9.93. The van der Waals surface area contributed by atoms with Gasteiger partial charge in [0.25, 0.3) is 0 Å². The van der Waals surface area contributed by atoms with Crippen molar-refractivity contribution in [2.45, 2.75) is 44.2 Å². The summed E-state index contributed by atoms with van der Waals surface area (Å²) >= 11 is 0. The molecule has 82 valence electrons. The summed E-state index contributed by atoms with van der Waals surface area (Å²) in [5.74, 6) is -1.02. The van der Waals surface area contributed by atoms with Gasteiger partial charge in [0.15, 0.2) is 5.79 Å². The molecule has 0 aliphatic carbocycles. The van der Waals surface area contributed by atoms with E-state index < -0.39 is 11.9 Å². The van der Waals surface area contributed by atoms with Crippen LogP contribution in [0.3, 0.4) is 0 Å². The Morgan fingerprint density at radius 3 is 2.86 bits per heavy atom. The fourth-order valence-corrected chi connectivity index (χ4v) is 2.35. The number of hydrogen-bond acceptors (Lipinski definition) is 4. The highest BCUT2D eigenvalue weighted by atomic mass is 16.7. The predicted molar refractivity (Wildman–Crippen MR) is 49.7 cm³/mol. The Morgan fingerprint density at radius 1 is 1.50 bits per heavy atom. The number of aliphatic hydroxyl groups excluding tert-OH is 2. The Balaban J connectivity index is 2.08. The molecule has 4 atom stereocenters. The molecule has 2 fully saturated rings. The minimum Gasteiger partial charge on any atom is -0.396 e. The molecule has 0 aromatic carbocycles. The van der Waals surface area contributed by atoms with Crippen molar-refractivity contribution in [3.8, 4) is 0 Å².